The molecule has 0 bridgehead atoms. The maximum atomic E-state index is 11.9. The molecule has 2 aromatic rings. The molecule has 0 aromatic heterocycles. The van der Waals surface area contributed by atoms with Gasteiger partial charge in [-0.15, -0.1) is 11.7 Å². The SMILES string of the molecule is C=CCc1ccccc1OCC(=O)NN=C=C1C=c2ccccc2=NC1=O. The Morgan fingerprint density at radius 1 is 1.22 bits per heavy atom. The molecule has 6 heteroatoms. The van der Waals surface area contributed by atoms with Crippen LogP contribution in [0, 0.1) is 0 Å². The lowest BCUT2D eigenvalue weighted by Crippen LogP contribution is -2.30. The summed E-state index contributed by atoms with van der Waals surface area (Å²) in [6, 6.07) is 14.6. The van der Waals surface area contributed by atoms with E-state index in [1.165, 1.54) is 0 Å². The van der Waals surface area contributed by atoms with E-state index in [9.17, 15) is 9.59 Å². The van der Waals surface area contributed by atoms with E-state index in [0.717, 1.165) is 10.8 Å². The summed E-state index contributed by atoms with van der Waals surface area (Å²) in [5.74, 6) is 2.21. The predicted molar refractivity (Wildman–Crippen MR) is 102 cm³/mol. The van der Waals surface area contributed by atoms with E-state index >= 15 is 0 Å². The van der Waals surface area contributed by atoms with Gasteiger partial charge in [-0.2, -0.15) is 0 Å². The zero-order valence-electron chi connectivity index (χ0n) is 14.5. The zero-order chi connectivity index (χ0) is 19.1. The summed E-state index contributed by atoms with van der Waals surface area (Å²) in [4.78, 5) is 27.8. The number of para-hydroxylation sites is 2. The van der Waals surface area contributed by atoms with Gasteiger partial charge in [-0.05, 0) is 30.2 Å². The Labute approximate surface area is 155 Å². The molecule has 0 aliphatic carbocycles. The first-order valence-electron chi connectivity index (χ1n) is 8.30. The van der Waals surface area contributed by atoms with Gasteiger partial charge in [0.25, 0.3) is 11.8 Å². The molecule has 2 amide bonds. The Balaban J connectivity index is 1.64. The largest absolute Gasteiger partial charge is 0.483 e. The number of hydrazone groups is 1. The molecule has 1 aliphatic heterocycles. The Kier molecular flexibility index (Phi) is 5.72. The lowest BCUT2D eigenvalue weighted by atomic mass is 10.1. The van der Waals surface area contributed by atoms with Crippen molar-refractivity contribution < 1.29 is 14.3 Å². The van der Waals surface area contributed by atoms with Gasteiger partial charge in [0.2, 0.25) is 0 Å². The summed E-state index contributed by atoms with van der Waals surface area (Å²) in [6.07, 6.45) is 4.03. The molecule has 1 heterocycles. The molecule has 1 aliphatic rings. The summed E-state index contributed by atoms with van der Waals surface area (Å²) >= 11 is 0. The van der Waals surface area contributed by atoms with Gasteiger partial charge in [-0.1, -0.05) is 42.5 Å². The first-order valence-corrected chi connectivity index (χ1v) is 8.30. The zero-order valence-corrected chi connectivity index (χ0v) is 14.5. The smallest absolute Gasteiger partial charge is 0.287 e. The summed E-state index contributed by atoms with van der Waals surface area (Å²) in [7, 11) is 0. The van der Waals surface area contributed by atoms with Crippen molar-refractivity contribution in [3.05, 3.63) is 82.9 Å². The average Bonchev–Trinajstić information content (AvgIpc) is 2.68. The number of fused-ring (bicyclic) bond motifs is 1. The predicted octanol–water partition coefficient (Wildman–Crippen LogP) is 1.06. The molecule has 0 spiro atoms. The maximum absolute atomic E-state index is 11.9. The number of carbonyl (C=O) groups excluding carboxylic acids is 2. The van der Waals surface area contributed by atoms with Crippen LogP contribution < -0.4 is 20.7 Å². The number of allylic oxidation sites excluding steroid dienone is 1. The minimum atomic E-state index is -0.461. The van der Waals surface area contributed by atoms with Gasteiger partial charge in [0, 0.05) is 11.1 Å². The van der Waals surface area contributed by atoms with E-state index in [1.54, 1.807) is 30.4 Å². The van der Waals surface area contributed by atoms with Gasteiger partial charge < -0.3 is 4.74 Å². The van der Waals surface area contributed by atoms with Gasteiger partial charge in [0.1, 0.15) is 11.3 Å². The van der Waals surface area contributed by atoms with Crippen molar-refractivity contribution in [2.45, 2.75) is 6.42 Å². The van der Waals surface area contributed by atoms with Gasteiger partial charge in [-0.3, -0.25) is 9.59 Å². The monoisotopic (exact) mass is 359 g/mol. The number of rotatable bonds is 6. The summed E-state index contributed by atoms with van der Waals surface area (Å²) in [5, 5.41) is 5.09. The molecule has 6 nitrogen and oxygen atoms in total. The van der Waals surface area contributed by atoms with E-state index in [1.807, 2.05) is 30.3 Å². The van der Waals surface area contributed by atoms with E-state index in [0.29, 0.717) is 17.5 Å². The lowest BCUT2D eigenvalue weighted by molar-refractivity contribution is -0.123. The fourth-order valence-electron chi connectivity index (χ4n) is 2.47. The van der Waals surface area contributed by atoms with Crippen LogP contribution in [0.5, 0.6) is 5.75 Å². The van der Waals surface area contributed by atoms with Gasteiger partial charge in [0.15, 0.2) is 6.61 Å². The number of nitrogens with one attached hydrogen (secondary N) is 1. The van der Waals surface area contributed by atoms with Crippen LogP contribution in [0.4, 0.5) is 0 Å². The van der Waals surface area contributed by atoms with Crippen LogP contribution in [0.3, 0.4) is 0 Å². The fraction of sp³-hybridized carbons (Fsp3) is 0.0952. The molecule has 0 fully saturated rings. The fourth-order valence-corrected chi connectivity index (χ4v) is 2.47. The number of hydrogen-bond acceptors (Lipinski definition) is 4. The third-order valence-electron chi connectivity index (χ3n) is 3.74. The van der Waals surface area contributed by atoms with Crippen LogP contribution in [0.25, 0.3) is 6.08 Å². The third-order valence-corrected chi connectivity index (χ3v) is 3.74. The summed E-state index contributed by atoms with van der Waals surface area (Å²) < 4.78 is 5.51. The van der Waals surface area contributed by atoms with Crippen LogP contribution in [-0.4, -0.2) is 24.3 Å². The Morgan fingerprint density at radius 2 is 2.00 bits per heavy atom. The van der Waals surface area contributed by atoms with Crippen molar-refractivity contribution in [1.82, 2.24) is 5.43 Å². The lowest BCUT2D eigenvalue weighted by Gasteiger charge is -2.09. The number of hydrogen-bond donors (Lipinski definition) is 1. The summed E-state index contributed by atoms with van der Waals surface area (Å²) in [5.41, 5.74) is 3.40. The number of carbonyl (C=O) groups is 2. The first-order chi connectivity index (χ1) is 13.2. The second-order valence-electron chi connectivity index (χ2n) is 5.68. The molecule has 0 saturated carbocycles. The molecular formula is C21H17N3O3. The highest BCUT2D eigenvalue weighted by molar-refractivity contribution is 6.10. The average molecular weight is 359 g/mol. The highest BCUT2D eigenvalue weighted by Crippen LogP contribution is 2.18. The molecular weight excluding hydrogens is 342 g/mol. The first kappa shape index (κ1) is 18.0. The van der Waals surface area contributed by atoms with Crippen LogP contribution in [0.1, 0.15) is 5.56 Å². The number of benzene rings is 2. The topological polar surface area (TPSA) is 80.1 Å². The number of amides is 2. The Bertz CT molecular complexity index is 1080. The van der Waals surface area contributed by atoms with E-state index in [2.05, 4.69) is 28.0 Å². The molecule has 1 N–H and O–H groups in total. The molecule has 134 valence electrons. The Morgan fingerprint density at radius 3 is 2.85 bits per heavy atom. The Hall–Kier alpha value is -3.76. The molecule has 0 saturated heterocycles. The second-order valence-corrected chi connectivity index (χ2v) is 5.68. The second kappa shape index (κ2) is 8.56. The number of ether oxygens (including phenoxy) is 1. The normalized spacial score (nSPS) is 12.0. The van der Waals surface area contributed by atoms with Crippen LogP contribution in [-0.2, 0) is 16.0 Å². The van der Waals surface area contributed by atoms with Gasteiger partial charge in [-0.25, -0.2) is 10.4 Å². The van der Waals surface area contributed by atoms with Crippen molar-refractivity contribution in [1.29, 1.82) is 0 Å². The van der Waals surface area contributed by atoms with Crippen molar-refractivity contribution >= 4 is 23.8 Å². The van der Waals surface area contributed by atoms with Crippen molar-refractivity contribution in [2.24, 2.45) is 10.1 Å². The van der Waals surface area contributed by atoms with E-state index < -0.39 is 11.8 Å². The van der Waals surface area contributed by atoms with Crippen molar-refractivity contribution in [3.63, 3.8) is 0 Å². The molecule has 0 radical (unpaired) electrons. The van der Waals surface area contributed by atoms with E-state index in [4.69, 9.17) is 4.74 Å². The molecule has 0 unspecified atom stereocenters. The maximum Gasteiger partial charge on any atom is 0.287 e. The van der Waals surface area contributed by atoms with Crippen LogP contribution in [0.15, 0.2) is 76.9 Å². The minimum absolute atomic E-state index is 0.172. The van der Waals surface area contributed by atoms with Gasteiger partial charge in [0.05, 0.1) is 5.36 Å². The van der Waals surface area contributed by atoms with E-state index in [-0.39, 0.29) is 12.2 Å². The third kappa shape index (κ3) is 4.66. The quantitative estimate of drug-likeness (QED) is 0.362. The molecule has 3 rings (SSSR count). The van der Waals surface area contributed by atoms with Crippen molar-refractivity contribution in [3.8, 4) is 5.75 Å². The molecule has 0 atom stereocenters. The summed E-state index contributed by atoms with van der Waals surface area (Å²) in [6.45, 7) is 3.49. The molecule has 27 heavy (non-hydrogen) atoms. The standard InChI is InChI=1S/C21H17N3O3/c1-2-7-15-8-4-6-11-19(15)27-14-20(25)24-22-13-17-12-16-9-3-5-10-18(16)23-21(17)26/h2-6,8-12H,1,7,14H2,(H,24,25). The van der Waals surface area contributed by atoms with Crippen LogP contribution in [0.2, 0.25) is 0 Å². The minimum Gasteiger partial charge on any atom is -0.483 e. The number of nitrogens with zero attached hydrogens (tertiary/aromatic N) is 2. The molecule has 2 aromatic carbocycles. The highest BCUT2D eigenvalue weighted by atomic mass is 16.5. The van der Waals surface area contributed by atoms with Crippen LogP contribution >= 0.6 is 0 Å². The van der Waals surface area contributed by atoms with Gasteiger partial charge >= 0.3 is 0 Å². The van der Waals surface area contributed by atoms with Crippen molar-refractivity contribution in [2.75, 3.05) is 6.61 Å². The highest BCUT2D eigenvalue weighted by Gasteiger charge is 2.10.